The van der Waals surface area contributed by atoms with E-state index in [4.69, 9.17) is 11.6 Å². The van der Waals surface area contributed by atoms with Crippen molar-refractivity contribution in [2.24, 2.45) is 5.92 Å². The van der Waals surface area contributed by atoms with Gasteiger partial charge in [0.05, 0.1) is 29.2 Å². The Morgan fingerprint density at radius 2 is 2.21 bits per heavy atom. The summed E-state index contributed by atoms with van der Waals surface area (Å²) in [6, 6.07) is 1.85. The van der Waals surface area contributed by atoms with Gasteiger partial charge >= 0.3 is 0 Å². The molecular formula is C15H21ClN2O. The lowest BCUT2D eigenvalue weighted by atomic mass is 9.91. The molecule has 2 unspecified atom stereocenters. The summed E-state index contributed by atoms with van der Waals surface area (Å²) < 4.78 is 1.86. The standard InChI is InChI=1S/C15H21ClN2O/c1-3-5-11(4-2)6-15(19)13-7-12(16)9-18-10-17-8-14(13)18/h7-11,15,19H,3-6H2,1-2H3. The summed E-state index contributed by atoms with van der Waals surface area (Å²) in [5, 5.41) is 11.1. The van der Waals surface area contributed by atoms with Gasteiger partial charge in [-0.25, -0.2) is 4.98 Å². The second-order valence-corrected chi connectivity index (χ2v) is 5.55. The predicted molar refractivity (Wildman–Crippen MR) is 78.5 cm³/mol. The molecule has 2 aromatic rings. The smallest absolute Gasteiger partial charge is 0.0992 e. The molecule has 0 bridgehead atoms. The van der Waals surface area contributed by atoms with Crippen LogP contribution in [0.1, 0.15) is 51.2 Å². The Morgan fingerprint density at radius 3 is 2.89 bits per heavy atom. The number of hydrogen-bond donors (Lipinski definition) is 1. The molecule has 2 heterocycles. The normalized spacial score (nSPS) is 14.7. The van der Waals surface area contributed by atoms with Crippen molar-refractivity contribution in [1.29, 1.82) is 0 Å². The third-order valence-corrected chi connectivity index (χ3v) is 3.91. The highest BCUT2D eigenvalue weighted by Gasteiger charge is 2.17. The summed E-state index contributed by atoms with van der Waals surface area (Å²) in [6.45, 7) is 4.36. The Morgan fingerprint density at radius 1 is 1.42 bits per heavy atom. The third-order valence-electron chi connectivity index (χ3n) is 3.71. The van der Waals surface area contributed by atoms with Gasteiger partial charge in [0.15, 0.2) is 0 Å². The van der Waals surface area contributed by atoms with Gasteiger partial charge in [-0.1, -0.05) is 44.7 Å². The first kappa shape index (κ1) is 14.4. The Bertz CT molecular complexity index is 538. The van der Waals surface area contributed by atoms with Gasteiger partial charge in [0.25, 0.3) is 0 Å². The molecule has 0 fully saturated rings. The summed E-state index contributed by atoms with van der Waals surface area (Å²) in [6.07, 6.45) is 9.01. The average Bonchev–Trinajstić information content (AvgIpc) is 2.84. The van der Waals surface area contributed by atoms with Crippen LogP contribution in [0.2, 0.25) is 5.02 Å². The molecule has 3 nitrogen and oxygen atoms in total. The van der Waals surface area contributed by atoms with E-state index in [0.717, 1.165) is 36.8 Å². The molecule has 0 saturated heterocycles. The molecule has 19 heavy (non-hydrogen) atoms. The minimum absolute atomic E-state index is 0.477. The Balaban J connectivity index is 2.25. The molecule has 4 heteroatoms. The molecule has 104 valence electrons. The summed E-state index contributed by atoms with van der Waals surface area (Å²) in [7, 11) is 0. The van der Waals surface area contributed by atoms with Gasteiger partial charge in [-0.2, -0.15) is 0 Å². The fourth-order valence-electron chi connectivity index (χ4n) is 2.63. The number of nitrogens with zero attached hydrogens (tertiary/aromatic N) is 2. The van der Waals surface area contributed by atoms with Crippen LogP contribution in [0, 0.1) is 5.92 Å². The number of aliphatic hydroxyl groups excluding tert-OH is 1. The quantitative estimate of drug-likeness (QED) is 0.859. The summed E-state index contributed by atoms with van der Waals surface area (Å²) >= 11 is 6.10. The fourth-order valence-corrected chi connectivity index (χ4v) is 2.85. The van der Waals surface area contributed by atoms with E-state index < -0.39 is 6.10 Å². The van der Waals surface area contributed by atoms with Crippen molar-refractivity contribution in [2.45, 2.75) is 45.6 Å². The van der Waals surface area contributed by atoms with E-state index in [9.17, 15) is 5.11 Å². The van der Waals surface area contributed by atoms with Crippen LogP contribution in [0.5, 0.6) is 0 Å². The van der Waals surface area contributed by atoms with Crippen molar-refractivity contribution in [1.82, 2.24) is 9.38 Å². The number of hydrogen-bond acceptors (Lipinski definition) is 2. The van der Waals surface area contributed by atoms with Crippen LogP contribution in [0.3, 0.4) is 0 Å². The van der Waals surface area contributed by atoms with Crippen molar-refractivity contribution in [3.05, 3.63) is 35.4 Å². The minimum atomic E-state index is -0.477. The monoisotopic (exact) mass is 280 g/mol. The molecule has 0 aromatic carbocycles. The second kappa shape index (κ2) is 6.40. The van der Waals surface area contributed by atoms with Crippen LogP contribution in [0.25, 0.3) is 5.52 Å². The van der Waals surface area contributed by atoms with Gasteiger partial charge < -0.3 is 9.51 Å². The largest absolute Gasteiger partial charge is 0.388 e. The summed E-state index contributed by atoms with van der Waals surface area (Å²) in [5.41, 5.74) is 1.81. The van der Waals surface area contributed by atoms with Gasteiger partial charge in [0.2, 0.25) is 0 Å². The Kier molecular flexibility index (Phi) is 4.83. The summed E-state index contributed by atoms with van der Waals surface area (Å²) in [5.74, 6) is 0.557. The summed E-state index contributed by atoms with van der Waals surface area (Å²) in [4.78, 5) is 4.11. The molecule has 0 aliphatic carbocycles. The van der Waals surface area contributed by atoms with Gasteiger partial charge in [-0.05, 0) is 18.4 Å². The minimum Gasteiger partial charge on any atom is -0.388 e. The van der Waals surface area contributed by atoms with Crippen LogP contribution < -0.4 is 0 Å². The van der Waals surface area contributed by atoms with Crippen molar-refractivity contribution in [3.63, 3.8) is 0 Å². The molecule has 2 aromatic heterocycles. The van der Waals surface area contributed by atoms with Crippen molar-refractivity contribution in [3.8, 4) is 0 Å². The molecule has 2 rings (SSSR count). The van der Waals surface area contributed by atoms with Gasteiger partial charge in [0.1, 0.15) is 0 Å². The lowest BCUT2D eigenvalue weighted by Crippen LogP contribution is -2.08. The first-order valence-electron chi connectivity index (χ1n) is 6.94. The number of imidazole rings is 1. The highest BCUT2D eigenvalue weighted by atomic mass is 35.5. The highest BCUT2D eigenvalue weighted by Crippen LogP contribution is 2.30. The number of fused-ring (bicyclic) bond motifs is 1. The van der Waals surface area contributed by atoms with E-state index in [1.54, 1.807) is 12.5 Å². The predicted octanol–water partition coefficient (Wildman–Crippen LogP) is 4.24. The van der Waals surface area contributed by atoms with Crippen molar-refractivity contribution in [2.75, 3.05) is 0 Å². The number of halogens is 1. The SMILES string of the molecule is CCCC(CC)CC(O)c1cc(Cl)cn2cncc12. The van der Waals surface area contributed by atoms with E-state index in [-0.39, 0.29) is 0 Å². The van der Waals surface area contributed by atoms with E-state index in [0.29, 0.717) is 10.9 Å². The number of pyridine rings is 1. The number of aliphatic hydroxyl groups is 1. The van der Waals surface area contributed by atoms with E-state index >= 15 is 0 Å². The first-order valence-corrected chi connectivity index (χ1v) is 7.32. The lowest BCUT2D eigenvalue weighted by Gasteiger charge is -2.19. The second-order valence-electron chi connectivity index (χ2n) is 5.11. The third kappa shape index (κ3) is 3.28. The van der Waals surface area contributed by atoms with Gasteiger partial charge in [-0.3, -0.25) is 0 Å². The van der Waals surface area contributed by atoms with Crippen molar-refractivity contribution < 1.29 is 5.11 Å². The topological polar surface area (TPSA) is 37.5 Å². The zero-order chi connectivity index (χ0) is 13.8. The van der Waals surface area contributed by atoms with Gasteiger partial charge in [-0.15, -0.1) is 0 Å². The average molecular weight is 281 g/mol. The fraction of sp³-hybridized carbons (Fsp3) is 0.533. The van der Waals surface area contributed by atoms with Crippen LogP contribution in [-0.2, 0) is 0 Å². The van der Waals surface area contributed by atoms with Gasteiger partial charge in [0, 0.05) is 11.8 Å². The van der Waals surface area contributed by atoms with E-state index in [1.165, 1.54) is 0 Å². The lowest BCUT2D eigenvalue weighted by molar-refractivity contribution is 0.140. The maximum Gasteiger partial charge on any atom is 0.0992 e. The van der Waals surface area contributed by atoms with E-state index in [1.807, 2.05) is 16.7 Å². The number of aromatic nitrogens is 2. The maximum atomic E-state index is 10.5. The van der Waals surface area contributed by atoms with E-state index in [2.05, 4.69) is 18.8 Å². The number of rotatable bonds is 6. The zero-order valence-electron chi connectivity index (χ0n) is 11.5. The molecule has 0 spiro atoms. The maximum absolute atomic E-state index is 10.5. The zero-order valence-corrected chi connectivity index (χ0v) is 12.3. The highest BCUT2D eigenvalue weighted by molar-refractivity contribution is 6.30. The van der Waals surface area contributed by atoms with Crippen LogP contribution in [0.4, 0.5) is 0 Å². The molecular weight excluding hydrogens is 260 g/mol. The molecule has 1 N–H and O–H groups in total. The van der Waals surface area contributed by atoms with Crippen LogP contribution >= 0.6 is 11.6 Å². The molecule has 0 aliphatic heterocycles. The molecule has 0 amide bonds. The Hall–Kier alpha value is -1.06. The first-order chi connectivity index (χ1) is 9.15. The molecule has 2 atom stereocenters. The van der Waals surface area contributed by atoms with Crippen LogP contribution in [0.15, 0.2) is 24.8 Å². The molecule has 0 aliphatic rings. The van der Waals surface area contributed by atoms with Crippen LogP contribution in [-0.4, -0.2) is 14.5 Å². The Labute approximate surface area is 119 Å². The molecule has 0 radical (unpaired) electrons. The molecule has 0 saturated carbocycles. The van der Waals surface area contributed by atoms with Crippen molar-refractivity contribution >= 4 is 17.1 Å².